The summed E-state index contributed by atoms with van der Waals surface area (Å²) in [5, 5.41) is 4.82. The number of carbonyl (C=O) groups excluding carboxylic acids is 1. The summed E-state index contributed by atoms with van der Waals surface area (Å²) in [6.45, 7) is 4.50. The molecule has 8 heteroatoms. The van der Waals surface area contributed by atoms with E-state index in [0.717, 1.165) is 29.5 Å². The van der Waals surface area contributed by atoms with Crippen LogP contribution in [0.25, 0.3) is 22.8 Å². The molecule has 7 nitrogen and oxygen atoms in total. The highest BCUT2D eigenvalue weighted by atomic mass is 35.5. The van der Waals surface area contributed by atoms with Gasteiger partial charge in [0.2, 0.25) is 11.7 Å². The Kier molecular flexibility index (Phi) is 5.64. The molecule has 0 bridgehead atoms. The van der Waals surface area contributed by atoms with E-state index >= 15 is 0 Å². The van der Waals surface area contributed by atoms with Crippen LogP contribution in [-0.2, 0) is 0 Å². The molecule has 1 aliphatic heterocycles. The number of aromatic nitrogens is 4. The molecular formula is C25H22ClN5O2. The fraction of sp³-hybridized carbons (Fsp3) is 0.240. The topological polar surface area (TPSA) is 85.0 Å². The minimum atomic E-state index is -0.289. The molecule has 1 amide bonds. The van der Waals surface area contributed by atoms with Crippen LogP contribution in [0.3, 0.4) is 0 Å². The summed E-state index contributed by atoms with van der Waals surface area (Å²) in [5.74, 6) is 1.33. The molecule has 0 saturated carbocycles. The normalized spacial score (nSPS) is 15.7. The SMILES string of the molecule is Cc1ccc(-c2ncccn2)c(C(=O)N2CCC[C@H]2c2nc(-c3cccc(Cl)c3C)no2)c1. The van der Waals surface area contributed by atoms with Crippen molar-refractivity contribution in [2.24, 2.45) is 0 Å². The van der Waals surface area contributed by atoms with Crippen LogP contribution in [0.1, 0.15) is 46.3 Å². The lowest BCUT2D eigenvalue weighted by molar-refractivity contribution is 0.0710. The molecule has 1 fully saturated rings. The molecule has 4 aromatic rings. The van der Waals surface area contributed by atoms with Crippen molar-refractivity contribution in [2.45, 2.75) is 32.7 Å². The molecule has 0 N–H and O–H groups in total. The number of rotatable bonds is 4. The van der Waals surface area contributed by atoms with E-state index in [-0.39, 0.29) is 11.9 Å². The molecule has 0 radical (unpaired) electrons. The van der Waals surface area contributed by atoms with E-state index in [0.29, 0.717) is 40.2 Å². The van der Waals surface area contributed by atoms with Gasteiger partial charge in [-0.2, -0.15) is 4.98 Å². The predicted molar refractivity (Wildman–Crippen MR) is 125 cm³/mol. The number of amides is 1. The van der Waals surface area contributed by atoms with Crippen LogP contribution in [0.4, 0.5) is 0 Å². The average Bonchev–Trinajstić information content (AvgIpc) is 3.51. The summed E-state index contributed by atoms with van der Waals surface area (Å²) in [5.41, 5.74) is 3.97. The number of hydrogen-bond acceptors (Lipinski definition) is 6. The summed E-state index contributed by atoms with van der Waals surface area (Å²) < 4.78 is 5.63. The second kappa shape index (κ2) is 8.75. The first-order valence-electron chi connectivity index (χ1n) is 10.8. The monoisotopic (exact) mass is 459 g/mol. The molecule has 2 aromatic carbocycles. The number of hydrogen-bond donors (Lipinski definition) is 0. The molecule has 0 aliphatic carbocycles. The lowest BCUT2D eigenvalue weighted by atomic mass is 10.0. The molecule has 1 atom stereocenters. The van der Waals surface area contributed by atoms with Crippen LogP contribution >= 0.6 is 11.6 Å². The van der Waals surface area contributed by atoms with Gasteiger partial charge < -0.3 is 9.42 Å². The molecule has 0 spiro atoms. The van der Waals surface area contributed by atoms with Crippen molar-refractivity contribution in [3.8, 4) is 22.8 Å². The number of aryl methyl sites for hydroxylation is 1. The van der Waals surface area contributed by atoms with E-state index in [1.807, 2.05) is 55.1 Å². The zero-order chi connectivity index (χ0) is 22.9. The lowest BCUT2D eigenvalue weighted by Gasteiger charge is -2.23. The van der Waals surface area contributed by atoms with Gasteiger partial charge in [0.15, 0.2) is 5.82 Å². The quantitative estimate of drug-likeness (QED) is 0.404. The van der Waals surface area contributed by atoms with Crippen LogP contribution < -0.4 is 0 Å². The molecule has 2 aromatic heterocycles. The van der Waals surface area contributed by atoms with Gasteiger partial charge in [-0.1, -0.05) is 46.6 Å². The predicted octanol–water partition coefficient (Wildman–Crippen LogP) is 5.44. The third kappa shape index (κ3) is 4.00. The number of halogens is 1. The lowest BCUT2D eigenvalue weighted by Crippen LogP contribution is -2.31. The summed E-state index contributed by atoms with van der Waals surface area (Å²) in [7, 11) is 0. The Morgan fingerprint density at radius 1 is 1.06 bits per heavy atom. The highest BCUT2D eigenvalue weighted by Crippen LogP contribution is 2.35. The first-order chi connectivity index (χ1) is 16.0. The molecule has 33 heavy (non-hydrogen) atoms. The fourth-order valence-corrected chi connectivity index (χ4v) is 4.39. The summed E-state index contributed by atoms with van der Waals surface area (Å²) in [6.07, 6.45) is 4.96. The van der Waals surface area contributed by atoms with E-state index in [1.165, 1.54) is 0 Å². The van der Waals surface area contributed by atoms with Gasteiger partial charge in [-0.15, -0.1) is 0 Å². The highest BCUT2D eigenvalue weighted by molar-refractivity contribution is 6.31. The van der Waals surface area contributed by atoms with Gasteiger partial charge in [-0.25, -0.2) is 9.97 Å². The first kappa shape index (κ1) is 21.3. The van der Waals surface area contributed by atoms with Crippen LogP contribution in [0.15, 0.2) is 59.4 Å². The van der Waals surface area contributed by atoms with Gasteiger partial charge in [0.25, 0.3) is 5.91 Å². The summed E-state index contributed by atoms with van der Waals surface area (Å²) in [6, 6.07) is 12.8. The van der Waals surface area contributed by atoms with Crippen LogP contribution in [0, 0.1) is 13.8 Å². The summed E-state index contributed by atoms with van der Waals surface area (Å²) in [4.78, 5) is 28.8. The molecule has 166 valence electrons. The van der Waals surface area contributed by atoms with Gasteiger partial charge in [-0.3, -0.25) is 4.79 Å². The second-order valence-corrected chi connectivity index (χ2v) is 8.55. The van der Waals surface area contributed by atoms with Crippen molar-refractivity contribution in [3.05, 3.63) is 82.5 Å². The first-order valence-corrected chi connectivity index (χ1v) is 11.2. The average molecular weight is 460 g/mol. The molecule has 0 unspecified atom stereocenters. The maximum Gasteiger partial charge on any atom is 0.255 e. The van der Waals surface area contributed by atoms with Crippen LogP contribution in [-0.4, -0.2) is 37.5 Å². The van der Waals surface area contributed by atoms with Gasteiger partial charge in [0, 0.05) is 35.1 Å². The van der Waals surface area contributed by atoms with E-state index in [1.54, 1.807) is 18.5 Å². The Balaban J connectivity index is 1.48. The van der Waals surface area contributed by atoms with Crippen molar-refractivity contribution in [1.82, 2.24) is 25.0 Å². The number of nitrogens with zero attached hydrogens (tertiary/aromatic N) is 5. The number of benzene rings is 2. The van der Waals surface area contributed by atoms with E-state index < -0.39 is 0 Å². The molecule has 3 heterocycles. The Hall–Kier alpha value is -3.58. The zero-order valence-corrected chi connectivity index (χ0v) is 19.1. The Morgan fingerprint density at radius 2 is 1.88 bits per heavy atom. The minimum Gasteiger partial charge on any atom is -0.337 e. The number of likely N-dealkylation sites (tertiary alicyclic amines) is 1. The standard InChI is InChI=1S/C25H22ClN5O2/c1-15-9-10-18(22-27-11-5-12-28-22)19(14-15)25(32)31-13-4-8-21(31)24-29-23(30-33-24)17-6-3-7-20(26)16(17)2/h3,5-7,9-12,14,21H,4,8,13H2,1-2H3/t21-/m0/s1. The highest BCUT2D eigenvalue weighted by Gasteiger charge is 2.35. The minimum absolute atomic E-state index is 0.0951. The van der Waals surface area contributed by atoms with Crippen molar-refractivity contribution in [1.29, 1.82) is 0 Å². The Bertz CT molecular complexity index is 1320. The van der Waals surface area contributed by atoms with Crippen LogP contribution in [0.5, 0.6) is 0 Å². The third-order valence-corrected chi connectivity index (χ3v) is 6.37. The van der Waals surface area contributed by atoms with E-state index in [2.05, 4.69) is 20.1 Å². The summed E-state index contributed by atoms with van der Waals surface area (Å²) >= 11 is 6.26. The zero-order valence-electron chi connectivity index (χ0n) is 18.3. The molecular weight excluding hydrogens is 438 g/mol. The van der Waals surface area contributed by atoms with Crippen molar-refractivity contribution >= 4 is 17.5 Å². The van der Waals surface area contributed by atoms with Crippen molar-refractivity contribution in [2.75, 3.05) is 6.54 Å². The molecule has 1 saturated heterocycles. The molecule has 1 aliphatic rings. The fourth-order valence-electron chi connectivity index (χ4n) is 4.22. The van der Waals surface area contributed by atoms with Crippen molar-refractivity contribution in [3.63, 3.8) is 0 Å². The van der Waals surface area contributed by atoms with E-state index in [4.69, 9.17) is 16.1 Å². The van der Waals surface area contributed by atoms with E-state index in [9.17, 15) is 4.79 Å². The second-order valence-electron chi connectivity index (χ2n) is 8.15. The Morgan fingerprint density at radius 3 is 2.70 bits per heavy atom. The van der Waals surface area contributed by atoms with Crippen molar-refractivity contribution < 1.29 is 9.32 Å². The van der Waals surface area contributed by atoms with Gasteiger partial charge in [0.05, 0.1) is 5.56 Å². The maximum atomic E-state index is 13.7. The smallest absolute Gasteiger partial charge is 0.255 e. The third-order valence-electron chi connectivity index (χ3n) is 5.96. The van der Waals surface area contributed by atoms with Gasteiger partial charge in [0.1, 0.15) is 6.04 Å². The number of carbonyl (C=O) groups is 1. The van der Waals surface area contributed by atoms with Gasteiger partial charge in [-0.05, 0) is 50.5 Å². The Labute approximate surface area is 196 Å². The van der Waals surface area contributed by atoms with Crippen LogP contribution in [0.2, 0.25) is 5.02 Å². The largest absolute Gasteiger partial charge is 0.337 e. The van der Waals surface area contributed by atoms with Gasteiger partial charge >= 0.3 is 0 Å². The molecule has 5 rings (SSSR count). The maximum absolute atomic E-state index is 13.7.